The maximum Gasteiger partial charge on any atom is 0.223 e. The number of rotatable bonds is 2. The lowest BCUT2D eigenvalue weighted by Crippen LogP contribution is -2.41. The van der Waals surface area contributed by atoms with Crippen molar-refractivity contribution in [3.05, 3.63) is 11.7 Å². The number of nitrogens with one attached hydrogen (secondary N) is 2. The van der Waals surface area contributed by atoms with Gasteiger partial charge in [-0.1, -0.05) is 5.16 Å². The highest BCUT2D eigenvalue weighted by atomic mass is 16.5. The van der Waals surface area contributed by atoms with E-state index in [9.17, 15) is 0 Å². The predicted octanol–water partition coefficient (Wildman–Crippen LogP) is -1.08. The number of hydrogen-bond donors (Lipinski definition) is 3. The van der Waals surface area contributed by atoms with Crippen LogP contribution in [0.5, 0.6) is 0 Å². The zero-order valence-corrected chi connectivity index (χ0v) is 7.53. The second-order valence-electron chi connectivity index (χ2n) is 2.30. The van der Waals surface area contributed by atoms with Gasteiger partial charge in [0.25, 0.3) is 0 Å². The van der Waals surface area contributed by atoms with Crippen molar-refractivity contribution >= 4 is 5.96 Å². The van der Waals surface area contributed by atoms with Gasteiger partial charge in [-0.25, -0.2) is 5.84 Å². The van der Waals surface area contributed by atoms with Crippen LogP contribution in [0.4, 0.5) is 0 Å². The van der Waals surface area contributed by atoms with E-state index in [4.69, 9.17) is 10.4 Å². The van der Waals surface area contributed by atoms with Crippen LogP contribution >= 0.6 is 0 Å². The molecule has 0 bridgehead atoms. The number of guanidine groups is 1. The number of aryl methyl sites for hydroxylation is 1. The molecule has 72 valence electrons. The quantitative estimate of drug-likeness (QED) is 0.234. The monoisotopic (exact) mass is 184 g/mol. The van der Waals surface area contributed by atoms with Gasteiger partial charge in [0, 0.05) is 14.0 Å². The Kier molecular flexibility index (Phi) is 3.21. The Hall–Kier alpha value is -1.63. The van der Waals surface area contributed by atoms with Crippen molar-refractivity contribution in [3.8, 4) is 0 Å². The first kappa shape index (κ1) is 9.46. The minimum atomic E-state index is 0.425. The van der Waals surface area contributed by atoms with Crippen LogP contribution < -0.4 is 16.6 Å². The molecule has 0 spiro atoms. The summed E-state index contributed by atoms with van der Waals surface area (Å²) in [5.41, 5.74) is 2.38. The standard InChI is InChI=1S/C6H12N6O/c1-4-10-5(12-13-4)3-9-6(8-2)11-7/h3,7H2,1-2H3,(H2,8,9,11). The second-order valence-corrected chi connectivity index (χ2v) is 2.30. The molecule has 4 N–H and O–H groups in total. The molecule has 0 aliphatic rings. The molecule has 0 aliphatic carbocycles. The fourth-order valence-electron chi connectivity index (χ4n) is 0.771. The maximum atomic E-state index is 5.15. The van der Waals surface area contributed by atoms with Crippen LogP contribution in [0.1, 0.15) is 11.7 Å². The average molecular weight is 184 g/mol. The van der Waals surface area contributed by atoms with Gasteiger partial charge in [0.15, 0.2) is 5.82 Å². The Morgan fingerprint density at radius 2 is 2.46 bits per heavy atom. The molecule has 1 aromatic heterocycles. The molecular formula is C6H12N6O. The number of aliphatic imine (C=N–C) groups is 1. The van der Waals surface area contributed by atoms with Crippen LogP contribution in [-0.2, 0) is 6.54 Å². The van der Waals surface area contributed by atoms with E-state index >= 15 is 0 Å². The Labute approximate surface area is 75.4 Å². The van der Waals surface area contributed by atoms with Gasteiger partial charge in [-0.05, 0) is 0 Å². The summed E-state index contributed by atoms with van der Waals surface area (Å²) >= 11 is 0. The molecule has 0 fully saturated rings. The van der Waals surface area contributed by atoms with Crippen LogP contribution in [0.2, 0.25) is 0 Å². The molecule has 1 heterocycles. The number of hydrazine groups is 1. The predicted molar refractivity (Wildman–Crippen MR) is 46.6 cm³/mol. The van der Waals surface area contributed by atoms with E-state index < -0.39 is 0 Å². The van der Waals surface area contributed by atoms with Crippen molar-refractivity contribution in [2.45, 2.75) is 13.5 Å². The molecule has 0 radical (unpaired) electrons. The van der Waals surface area contributed by atoms with Gasteiger partial charge in [0.1, 0.15) is 0 Å². The molecule has 1 rings (SSSR count). The Bertz CT molecular complexity index is 293. The van der Waals surface area contributed by atoms with Crippen molar-refractivity contribution in [1.29, 1.82) is 0 Å². The van der Waals surface area contributed by atoms with Gasteiger partial charge in [-0.2, -0.15) is 4.98 Å². The molecule has 0 saturated heterocycles. The first-order valence-corrected chi connectivity index (χ1v) is 3.72. The van der Waals surface area contributed by atoms with E-state index in [2.05, 4.69) is 25.9 Å². The first-order valence-electron chi connectivity index (χ1n) is 3.72. The highest BCUT2D eigenvalue weighted by Crippen LogP contribution is 1.93. The fourth-order valence-corrected chi connectivity index (χ4v) is 0.771. The number of hydrogen-bond acceptors (Lipinski definition) is 5. The Morgan fingerprint density at radius 3 is 2.92 bits per heavy atom. The van der Waals surface area contributed by atoms with E-state index in [1.807, 2.05) is 0 Å². The highest BCUT2D eigenvalue weighted by Gasteiger charge is 2.01. The summed E-state index contributed by atoms with van der Waals surface area (Å²) in [6.07, 6.45) is 0. The lowest BCUT2D eigenvalue weighted by Gasteiger charge is -2.04. The SMILES string of the molecule is CN=C(NN)NCc1noc(C)n1. The largest absolute Gasteiger partial charge is 0.348 e. The summed E-state index contributed by atoms with van der Waals surface area (Å²) in [5.74, 6) is 6.72. The van der Waals surface area contributed by atoms with Crippen LogP contribution in [0, 0.1) is 6.92 Å². The van der Waals surface area contributed by atoms with Gasteiger partial charge in [0.2, 0.25) is 11.9 Å². The molecule has 1 aromatic rings. The summed E-state index contributed by atoms with van der Waals surface area (Å²) < 4.78 is 4.77. The third-order valence-corrected chi connectivity index (χ3v) is 1.34. The van der Waals surface area contributed by atoms with Crippen molar-refractivity contribution in [3.63, 3.8) is 0 Å². The van der Waals surface area contributed by atoms with E-state index in [-0.39, 0.29) is 0 Å². The third-order valence-electron chi connectivity index (χ3n) is 1.34. The molecular weight excluding hydrogens is 172 g/mol. The summed E-state index contributed by atoms with van der Waals surface area (Å²) in [7, 11) is 1.61. The second kappa shape index (κ2) is 4.41. The molecule has 7 heteroatoms. The van der Waals surface area contributed by atoms with Crippen LogP contribution in [0.3, 0.4) is 0 Å². The smallest absolute Gasteiger partial charge is 0.223 e. The van der Waals surface area contributed by atoms with Crippen LogP contribution in [0.15, 0.2) is 9.52 Å². The summed E-state index contributed by atoms with van der Waals surface area (Å²) in [4.78, 5) is 7.80. The van der Waals surface area contributed by atoms with Gasteiger partial charge in [0.05, 0.1) is 6.54 Å². The minimum Gasteiger partial charge on any atom is -0.348 e. The molecule has 0 amide bonds. The summed E-state index contributed by atoms with van der Waals surface area (Å²) in [6.45, 7) is 2.15. The van der Waals surface area contributed by atoms with Crippen LogP contribution in [-0.4, -0.2) is 23.1 Å². The molecule has 0 aliphatic heterocycles. The van der Waals surface area contributed by atoms with Crippen molar-refractivity contribution in [2.24, 2.45) is 10.8 Å². The molecule has 0 aromatic carbocycles. The molecule has 7 nitrogen and oxygen atoms in total. The number of nitrogens with zero attached hydrogens (tertiary/aromatic N) is 3. The van der Waals surface area contributed by atoms with Crippen LogP contribution in [0.25, 0.3) is 0 Å². The van der Waals surface area contributed by atoms with Gasteiger partial charge in [-0.3, -0.25) is 10.4 Å². The topological polar surface area (TPSA) is 101 Å². The van der Waals surface area contributed by atoms with Gasteiger partial charge < -0.3 is 9.84 Å². The van der Waals surface area contributed by atoms with Crippen molar-refractivity contribution in [1.82, 2.24) is 20.9 Å². The van der Waals surface area contributed by atoms with E-state index in [0.29, 0.717) is 24.2 Å². The van der Waals surface area contributed by atoms with E-state index in [1.54, 1.807) is 14.0 Å². The molecule has 0 atom stereocenters. The average Bonchev–Trinajstić information content (AvgIpc) is 2.53. The Balaban J connectivity index is 2.43. The Morgan fingerprint density at radius 1 is 1.69 bits per heavy atom. The zero-order chi connectivity index (χ0) is 9.68. The third kappa shape index (κ3) is 2.71. The zero-order valence-electron chi connectivity index (χ0n) is 7.53. The first-order chi connectivity index (χ1) is 6.26. The number of nitrogens with two attached hydrogens (primary N) is 1. The molecule has 0 saturated carbocycles. The summed E-state index contributed by atoms with van der Waals surface area (Å²) in [6, 6.07) is 0. The van der Waals surface area contributed by atoms with Crippen molar-refractivity contribution < 1.29 is 4.52 Å². The molecule has 13 heavy (non-hydrogen) atoms. The summed E-state index contributed by atoms with van der Waals surface area (Å²) in [5, 5.41) is 6.56. The normalized spacial score (nSPS) is 11.5. The van der Waals surface area contributed by atoms with Gasteiger partial charge in [-0.15, -0.1) is 0 Å². The minimum absolute atomic E-state index is 0.425. The van der Waals surface area contributed by atoms with Gasteiger partial charge >= 0.3 is 0 Å². The molecule has 0 unspecified atom stereocenters. The lowest BCUT2D eigenvalue weighted by atomic mass is 10.6. The number of aromatic nitrogens is 2. The van der Waals surface area contributed by atoms with Crippen molar-refractivity contribution in [2.75, 3.05) is 7.05 Å². The lowest BCUT2D eigenvalue weighted by molar-refractivity contribution is 0.387. The maximum absolute atomic E-state index is 5.15. The van der Waals surface area contributed by atoms with E-state index in [1.165, 1.54) is 0 Å². The highest BCUT2D eigenvalue weighted by molar-refractivity contribution is 5.78. The van der Waals surface area contributed by atoms with E-state index in [0.717, 1.165) is 0 Å². The fraction of sp³-hybridized carbons (Fsp3) is 0.500.